The first-order valence-electron chi connectivity index (χ1n) is 5.58. The highest BCUT2D eigenvalue weighted by molar-refractivity contribution is 7.99. The Bertz CT molecular complexity index is 345. The van der Waals surface area contributed by atoms with E-state index in [2.05, 4.69) is 6.07 Å². The SMILES string of the molecule is COc1ccc(OCCCSCCC#N)cc1. The number of nitrogens with zero attached hydrogens (tertiary/aromatic N) is 1. The molecule has 0 bridgehead atoms. The van der Waals surface area contributed by atoms with Gasteiger partial charge in [-0.15, -0.1) is 0 Å². The molecule has 0 spiro atoms. The highest BCUT2D eigenvalue weighted by Crippen LogP contribution is 2.17. The van der Waals surface area contributed by atoms with Crippen LogP contribution in [0.4, 0.5) is 0 Å². The summed E-state index contributed by atoms with van der Waals surface area (Å²) in [4.78, 5) is 0. The molecule has 0 radical (unpaired) electrons. The average Bonchev–Trinajstić information content (AvgIpc) is 2.38. The van der Waals surface area contributed by atoms with Gasteiger partial charge in [0.25, 0.3) is 0 Å². The van der Waals surface area contributed by atoms with E-state index in [0.29, 0.717) is 13.0 Å². The summed E-state index contributed by atoms with van der Waals surface area (Å²) in [6.07, 6.45) is 1.63. The lowest BCUT2D eigenvalue weighted by Gasteiger charge is -2.06. The van der Waals surface area contributed by atoms with E-state index in [-0.39, 0.29) is 0 Å². The molecule has 0 N–H and O–H groups in total. The Morgan fingerprint density at radius 2 is 1.88 bits per heavy atom. The molecule has 0 heterocycles. The highest BCUT2D eigenvalue weighted by Gasteiger charge is 1.95. The molecule has 4 heteroatoms. The Morgan fingerprint density at radius 3 is 2.53 bits per heavy atom. The molecule has 0 aliphatic carbocycles. The van der Waals surface area contributed by atoms with Crippen LogP contribution < -0.4 is 9.47 Å². The fraction of sp³-hybridized carbons (Fsp3) is 0.462. The molecule has 0 fully saturated rings. The minimum Gasteiger partial charge on any atom is -0.497 e. The van der Waals surface area contributed by atoms with Gasteiger partial charge in [0.1, 0.15) is 11.5 Å². The van der Waals surface area contributed by atoms with E-state index in [1.165, 1.54) is 0 Å². The molecule has 0 aliphatic heterocycles. The molecule has 1 rings (SSSR count). The van der Waals surface area contributed by atoms with Gasteiger partial charge in [-0.25, -0.2) is 0 Å². The molecular formula is C13H17NO2S. The van der Waals surface area contributed by atoms with Crippen molar-refractivity contribution in [2.75, 3.05) is 25.2 Å². The third-order valence-corrected chi connectivity index (χ3v) is 3.19. The minimum absolute atomic E-state index is 0.629. The zero-order valence-corrected chi connectivity index (χ0v) is 10.8. The Hall–Kier alpha value is -1.34. The van der Waals surface area contributed by atoms with Crippen molar-refractivity contribution in [3.63, 3.8) is 0 Å². The van der Waals surface area contributed by atoms with E-state index in [9.17, 15) is 0 Å². The predicted octanol–water partition coefficient (Wildman–Crippen LogP) is 3.11. The van der Waals surface area contributed by atoms with E-state index in [0.717, 1.165) is 29.4 Å². The maximum absolute atomic E-state index is 8.36. The number of benzene rings is 1. The number of hydrogen-bond donors (Lipinski definition) is 0. The summed E-state index contributed by atoms with van der Waals surface area (Å²) >= 11 is 1.80. The van der Waals surface area contributed by atoms with Crippen molar-refractivity contribution in [3.8, 4) is 17.6 Å². The van der Waals surface area contributed by atoms with Crippen LogP contribution >= 0.6 is 11.8 Å². The first-order chi connectivity index (χ1) is 8.36. The fourth-order valence-electron chi connectivity index (χ4n) is 1.24. The van der Waals surface area contributed by atoms with Gasteiger partial charge in [-0.05, 0) is 36.4 Å². The average molecular weight is 251 g/mol. The van der Waals surface area contributed by atoms with Crippen molar-refractivity contribution in [2.45, 2.75) is 12.8 Å². The molecule has 92 valence electrons. The smallest absolute Gasteiger partial charge is 0.119 e. The Morgan fingerprint density at radius 1 is 1.18 bits per heavy atom. The zero-order chi connectivity index (χ0) is 12.3. The third kappa shape index (κ3) is 6.08. The van der Waals surface area contributed by atoms with E-state index in [4.69, 9.17) is 14.7 Å². The molecule has 3 nitrogen and oxygen atoms in total. The molecular weight excluding hydrogens is 234 g/mol. The standard InChI is InChI=1S/C13H17NO2S/c1-15-12-4-6-13(7-5-12)16-9-3-11-17-10-2-8-14/h4-7H,2-3,9-11H2,1H3. The summed E-state index contributed by atoms with van der Waals surface area (Å²) in [5, 5.41) is 8.36. The number of ether oxygens (including phenoxy) is 2. The maximum atomic E-state index is 8.36. The first kappa shape index (κ1) is 13.7. The Balaban J connectivity index is 2.08. The number of thioether (sulfide) groups is 1. The monoisotopic (exact) mass is 251 g/mol. The summed E-state index contributed by atoms with van der Waals surface area (Å²) in [7, 11) is 1.65. The topological polar surface area (TPSA) is 42.2 Å². The maximum Gasteiger partial charge on any atom is 0.119 e. The lowest BCUT2D eigenvalue weighted by Crippen LogP contribution is -1.99. The Labute approximate surface area is 107 Å². The van der Waals surface area contributed by atoms with E-state index < -0.39 is 0 Å². The van der Waals surface area contributed by atoms with Crippen LogP contribution in [-0.2, 0) is 0 Å². The molecule has 17 heavy (non-hydrogen) atoms. The van der Waals surface area contributed by atoms with Gasteiger partial charge in [-0.3, -0.25) is 0 Å². The summed E-state index contributed by atoms with van der Waals surface area (Å²) < 4.78 is 10.6. The fourth-order valence-corrected chi connectivity index (χ4v) is 2.00. The summed E-state index contributed by atoms with van der Waals surface area (Å²) in [6, 6.07) is 9.71. The van der Waals surface area contributed by atoms with Gasteiger partial charge in [-0.1, -0.05) is 0 Å². The summed E-state index contributed by atoms with van der Waals surface area (Å²) in [6.45, 7) is 0.714. The molecule has 0 saturated carbocycles. The molecule has 1 aromatic carbocycles. The predicted molar refractivity (Wildman–Crippen MR) is 70.7 cm³/mol. The van der Waals surface area contributed by atoms with Gasteiger partial charge < -0.3 is 9.47 Å². The van der Waals surface area contributed by atoms with Crippen molar-refractivity contribution in [1.82, 2.24) is 0 Å². The Kier molecular flexibility index (Phi) is 7.08. The lowest BCUT2D eigenvalue weighted by atomic mass is 10.3. The van der Waals surface area contributed by atoms with Crippen LogP contribution in [0.5, 0.6) is 11.5 Å². The molecule has 1 aromatic rings. The zero-order valence-electron chi connectivity index (χ0n) is 10.0. The van der Waals surface area contributed by atoms with Crippen LogP contribution in [0.1, 0.15) is 12.8 Å². The van der Waals surface area contributed by atoms with E-state index in [1.807, 2.05) is 24.3 Å². The van der Waals surface area contributed by atoms with Crippen molar-refractivity contribution < 1.29 is 9.47 Å². The van der Waals surface area contributed by atoms with Crippen LogP contribution in [0.3, 0.4) is 0 Å². The number of hydrogen-bond acceptors (Lipinski definition) is 4. The molecule has 0 unspecified atom stereocenters. The van der Waals surface area contributed by atoms with Crippen LogP contribution in [0.15, 0.2) is 24.3 Å². The second-order valence-electron chi connectivity index (χ2n) is 3.40. The van der Waals surface area contributed by atoms with Crippen molar-refractivity contribution in [1.29, 1.82) is 5.26 Å². The second-order valence-corrected chi connectivity index (χ2v) is 4.62. The lowest BCUT2D eigenvalue weighted by molar-refractivity contribution is 0.318. The largest absolute Gasteiger partial charge is 0.497 e. The first-order valence-corrected chi connectivity index (χ1v) is 6.74. The van der Waals surface area contributed by atoms with Crippen molar-refractivity contribution in [3.05, 3.63) is 24.3 Å². The number of methoxy groups -OCH3 is 1. The highest BCUT2D eigenvalue weighted by atomic mass is 32.2. The number of nitriles is 1. The number of rotatable bonds is 8. The van der Waals surface area contributed by atoms with E-state index >= 15 is 0 Å². The molecule has 0 saturated heterocycles. The normalized spacial score (nSPS) is 9.65. The van der Waals surface area contributed by atoms with Crippen molar-refractivity contribution >= 4 is 11.8 Å². The molecule has 0 atom stereocenters. The van der Waals surface area contributed by atoms with Crippen LogP contribution in [0.25, 0.3) is 0 Å². The second kappa shape index (κ2) is 8.77. The van der Waals surface area contributed by atoms with Gasteiger partial charge in [0, 0.05) is 12.2 Å². The van der Waals surface area contributed by atoms with Gasteiger partial charge in [0.15, 0.2) is 0 Å². The van der Waals surface area contributed by atoms with Gasteiger partial charge in [-0.2, -0.15) is 17.0 Å². The van der Waals surface area contributed by atoms with Gasteiger partial charge in [0.05, 0.1) is 19.8 Å². The molecule has 0 aliphatic rings. The van der Waals surface area contributed by atoms with E-state index in [1.54, 1.807) is 18.9 Å². The summed E-state index contributed by atoms with van der Waals surface area (Å²) in [5.41, 5.74) is 0. The third-order valence-electron chi connectivity index (χ3n) is 2.12. The molecule has 0 aromatic heterocycles. The minimum atomic E-state index is 0.629. The van der Waals surface area contributed by atoms with Crippen LogP contribution in [0.2, 0.25) is 0 Å². The quantitative estimate of drug-likeness (QED) is 0.666. The van der Waals surface area contributed by atoms with Crippen LogP contribution in [0, 0.1) is 11.3 Å². The van der Waals surface area contributed by atoms with Crippen molar-refractivity contribution in [2.24, 2.45) is 0 Å². The summed E-state index contributed by atoms with van der Waals surface area (Å²) in [5.74, 6) is 3.66. The van der Waals surface area contributed by atoms with Gasteiger partial charge in [0.2, 0.25) is 0 Å². The van der Waals surface area contributed by atoms with Crippen LogP contribution in [-0.4, -0.2) is 25.2 Å². The molecule has 0 amide bonds. The van der Waals surface area contributed by atoms with Gasteiger partial charge >= 0.3 is 0 Å².